The van der Waals surface area contributed by atoms with E-state index in [0.29, 0.717) is 17.5 Å². The second-order valence-electron chi connectivity index (χ2n) is 10.8. The van der Waals surface area contributed by atoms with Crippen LogP contribution < -0.4 is 38.9 Å². The molecule has 0 aliphatic carbocycles. The average Bonchev–Trinajstić information content (AvgIpc) is 3.43. The van der Waals surface area contributed by atoms with Crippen molar-refractivity contribution in [2.45, 2.75) is 62.7 Å². The Labute approximate surface area is 265 Å². The van der Waals surface area contributed by atoms with Crippen LogP contribution in [0.1, 0.15) is 36.8 Å². The standard InChI is InChI=1S/C31H41N9O6/c32-21(10-6-14-36-31(34)35)27(42)38-23(12-13-26(33)41)28(43)39-24(15-18-7-2-1-3-8-18)29(44)40-25(30(45)46)16-19-17-37-22-11-5-4-9-20(19)22/h1-5,7-9,11,17,21,23-25,37H,6,10,12-16,32H2,(H2,33,41)(H,38,42)(H,39,43)(H,40,44)(H,45,46)(H4,34,35,36). The number of aromatic nitrogens is 1. The fourth-order valence-corrected chi connectivity index (χ4v) is 4.81. The summed E-state index contributed by atoms with van der Waals surface area (Å²) in [6, 6.07) is 11.3. The van der Waals surface area contributed by atoms with E-state index in [1.165, 1.54) is 0 Å². The van der Waals surface area contributed by atoms with Gasteiger partial charge in [-0.05, 0) is 36.5 Å². The Morgan fingerprint density at radius 2 is 1.41 bits per heavy atom. The lowest BCUT2D eigenvalue weighted by Gasteiger charge is -2.25. The minimum Gasteiger partial charge on any atom is -0.480 e. The molecule has 13 N–H and O–H groups in total. The van der Waals surface area contributed by atoms with Crippen LogP contribution in [0.25, 0.3) is 10.9 Å². The number of benzene rings is 2. The van der Waals surface area contributed by atoms with Gasteiger partial charge in [0.05, 0.1) is 6.04 Å². The number of aromatic amines is 1. The molecule has 0 fully saturated rings. The predicted octanol–water partition coefficient (Wildman–Crippen LogP) is -0.861. The maximum atomic E-state index is 13.6. The molecule has 3 aromatic rings. The molecule has 4 unspecified atom stereocenters. The first-order chi connectivity index (χ1) is 21.9. The molecule has 0 bridgehead atoms. The molecule has 0 saturated carbocycles. The molecule has 246 valence electrons. The highest BCUT2D eigenvalue weighted by molar-refractivity contribution is 5.95. The second-order valence-corrected chi connectivity index (χ2v) is 10.8. The third-order valence-corrected chi connectivity index (χ3v) is 7.25. The fourth-order valence-electron chi connectivity index (χ4n) is 4.81. The number of hydrogen-bond acceptors (Lipinski definition) is 7. The van der Waals surface area contributed by atoms with Crippen molar-refractivity contribution >= 4 is 46.5 Å². The molecule has 0 saturated heterocycles. The van der Waals surface area contributed by atoms with E-state index in [-0.39, 0.29) is 44.6 Å². The van der Waals surface area contributed by atoms with Crippen LogP contribution in [-0.4, -0.2) is 76.4 Å². The number of carboxylic acids is 1. The molecule has 15 heteroatoms. The first-order valence-electron chi connectivity index (χ1n) is 14.8. The van der Waals surface area contributed by atoms with Crippen LogP contribution in [-0.2, 0) is 36.8 Å². The Bertz CT molecular complexity index is 1540. The number of primary amides is 1. The number of carbonyl (C=O) groups excluding carboxylic acids is 4. The molecular formula is C31H41N9O6. The summed E-state index contributed by atoms with van der Waals surface area (Å²) in [5.74, 6) is -4.24. The monoisotopic (exact) mass is 635 g/mol. The zero-order valence-electron chi connectivity index (χ0n) is 25.3. The smallest absolute Gasteiger partial charge is 0.326 e. The van der Waals surface area contributed by atoms with Gasteiger partial charge in [0, 0.05) is 42.9 Å². The van der Waals surface area contributed by atoms with Crippen molar-refractivity contribution in [3.05, 3.63) is 71.9 Å². The lowest BCUT2D eigenvalue weighted by atomic mass is 10.0. The minimum absolute atomic E-state index is 0.0125. The van der Waals surface area contributed by atoms with E-state index in [0.717, 1.165) is 10.9 Å². The van der Waals surface area contributed by atoms with Gasteiger partial charge in [0.15, 0.2) is 5.96 Å². The predicted molar refractivity (Wildman–Crippen MR) is 172 cm³/mol. The maximum absolute atomic E-state index is 13.6. The second kappa shape index (κ2) is 17.2. The molecule has 0 radical (unpaired) electrons. The third kappa shape index (κ3) is 10.9. The number of fused-ring (bicyclic) bond motifs is 1. The number of carboxylic acid groups (broad SMARTS) is 1. The molecule has 46 heavy (non-hydrogen) atoms. The molecule has 0 spiro atoms. The topological polar surface area (TPSA) is 274 Å². The van der Waals surface area contributed by atoms with Gasteiger partial charge in [-0.1, -0.05) is 48.5 Å². The zero-order valence-corrected chi connectivity index (χ0v) is 25.3. The van der Waals surface area contributed by atoms with Crippen LogP contribution in [0.15, 0.2) is 65.8 Å². The number of para-hydroxylation sites is 1. The van der Waals surface area contributed by atoms with Gasteiger partial charge in [0.25, 0.3) is 0 Å². The fraction of sp³-hybridized carbons (Fsp3) is 0.355. The summed E-state index contributed by atoms with van der Waals surface area (Å²) in [4.78, 5) is 70.7. The van der Waals surface area contributed by atoms with E-state index in [4.69, 9.17) is 22.9 Å². The molecular weight excluding hydrogens is 594 g/mol. The van der Waals surface area contributed by atoms with E-state index in [1.807, 2.05) is 24.3 Å². The van der Waals surface area contributed by atoms with Gasteiger partial charge < -0.3 is 49.0 Å². The molecule has 1 heterocycles. The lowest BCUT2D eigenvalue weighted by molar-refractivity contribution is -0.142. The minimum atomic E-state index is -1.32. The molecule has 0 aliphatic heterocycles. The first kappa shape index (κ1) is 35.0. The van der Waals surface area contributed by atoms with Crippen molar-refractivity contribution < 1.29 is 29.1 Å². The van der Waals surface area contributed by atoms with E-state index in [1.54, 1.807) is 36.5 Å². The van der Waals surface area contributed by atoms with Crippen molar-refractivity contribution in [3.63, 3.8) is 0 Å². The zero-order chi connectivity index (χ0) is 33.6. The Morgan fingerprint density at radius 1 is 0.783 bits per heavy atom. The van der Waals surface area contributed by atoms with Gasteiger partial charge in [0.1, 0.15) is 18.1 Å². The number of carbonyl (C=O) groups is 5. The highest BCUT2D eigenvalue weighted by Crippen LogP contribution is 2.19. The number of amides is 4. The molecule has 2 aromatic carbocycles. The van der Waals surface area contributed by atoms with Crippen LogP contribution in [0.2, 0.25) is 0 Å². The van der Waals surface area contributed by atoms with E-state index >= 15 is 0 Å². The van der Waals surface area contributed by atoms with Gasteiger partial charge in [-0.25, -0.2) is 4.79 Å². The van der Waals surface area contributed by atoms with Crippen molar-refractivity contribution in [1.82, 2.24) is 20.9 Å². The van der Waals surface area contributed by atoms with E-state index < -0.39 is 53.8 Å². The van der Waals surface area contributed by atoms with Crippen LogP contribution in [0.5, 0.6) is 0 Å². The van der Waals surface area contributed by atoms with E-state index in [2.05, 4.69) is 25.9 Å². The van der Waals surface area contributed by atoms with Crippen LogP contribution in [0, 0.1) is 0 Å². The summed E-state index contributed by atoms with van der Waals surface area (Å²) in [7, 11) is 0. The number of hydrogen-bond donors (Lipinski definition) is 9. The van der Waals surface area contributed by atoms with Crippen LogP contribution >= 0.6 is 0 Å². The van der Waals surface area contributed by atoms with Gasteiger partial charge in [-0.15, -0.1) is 0 Å². The van der Waals surface area contributed by atoms with E-state index in [9.17, 15) is 29.1 Å². The van der Waals surface area contributed by atoms with Gasteiger partial charge in [0.2, 0.25) is 23.6 Å². The van der Waals surface area contributed by atoms with Gasteiger partial charge >= 0.3 is 5.97 Å². The average molecular weight is 636 g/mol. The number of nitrogens with zero attached hydrogens (tertiary/aromatic N) is 1. The highest BCUT2D eigenvalue weighted by Gasteiger charge is 2.31. The van der Waals surface area contributed by atoms with Gasteiger partial charge in [-0.2, -0.15) is 0 Å². The van der Waals surface area contributed by atoms with Crippen LogP contribution in [0.3, 0.4) is 0 Å². The molecule has 3 rings (SSSR count). The van der Waals surface area contributed by atoms with Crippen molar-refractivity contribution in [3.8, 4) is 0 Å². The largest absolute Gasteiger partial charge is 0.480 e. The normalized spacial score (nSPS) is 13.5. The maximum Gasteiger partial charge on any atom is 0.326 e. The Kier molecular flexibility index (Phi) is 13.1. The molecule has 0 aliphatic rings. The number of aliphatic imine (C=N–C) groups is 1. The number of rotatable bonds is 18. The number of aliphatic carboxylic acids is 1. The molecule has 1 aromatic heterocycles. The molecule has 4 amide bonds. The SMILES string of the molecule is NC(=O)CCC(NC(=O)C(N)CCCN=C(N)N)C(=O)NC(Cc1ccccc1)C(=O)NC(Cc1c[nH]c2ccccc12)C(=O)O. The van der Waals surface area contributed by atoms with Gasteiger partial charge in [-0.3, -0.25) is 24.2 Å². The summed E-state index contributed by atoms with van der Waals surface area (Å²) in [6.45, 7) is 0.253. The lowest BCUT2D eigenvalue weighted by Crippen LogP contribution is -2.58. The Balaban J connectivity index is 1.77. The van der Waals surface area contributed by atoms with Crippen molar-refractivity contribution in [2.24, 2.45) is 27.9 Å². The quantitative estimate of drug-likeness (QED) is 0.0477. The number of H-pyrrole nitrogens is 1. The summed E-state index contributed by atoms with van der Waals surface area (Å²) in [5, 5.41) is 18.5. The summed E-state index contributed by atoms with van der Waals surface area (Å²) in [6.07, 6.45) is 1.89. The van der Waals surface area contributed by atoms with Crippen molar-refractivity contribution in [2.75, 3.05) is 6.54 Å². The van der Waals surface area contributed by atoms with Crippen LogP contribution in [0.4, 0.5) is 0 Å². The highest BCUT2D eigenvalue weighted by atomic mass is 16.4. The Hall–Kier alpha value is -5.44. The molecule has 15 nitrogen and oxygen atoms in total. The van der Waals surface area contributed by atoms with Crippen molar-refractivity contribution in [1.29, 1.82) is 0 Å². The third-order valence-electron chi connectivity index (χ3n) is 7.25. The Morgan fingerprint density at radius 3 is 2.09 bits per heavy atom. The molecule has 4 atom stereocenters. The first-order valence-corrected chi connectivity index (χ1v) is 14.8. The number of guanidine groups is 1. The number of nitrogens with two attached hydrogens (primary N) is 4. The summed E-state index contributed by atoms with van der Waals surface area (Å²) in [5.41, 5.74) is 24.1. The number of nitrogens with one attached hydrogen (secondary N) is 4. The summed E-state index contributed by atoms with van der Waals surface area (Å²) >= 11 is 0. The summed E-state index contributed by atoms with van der Waals surface area (Å²) < 4.78 is 0.